The normalized spacial score (nSPS) is 18.8. The second-order valence-electron chi connectivity index (χ2n) is 5.52. The molecule has 0 bridgehead atoms. The Labute approximate surface area is 104 Å². The molecule has 96 valence electrons. The number of fused-ring (bicyclic) bond motifs is 1. The maximum Gasteiger partial charge on any atom is 0.417 e. The van der Waals surface area contributed by atoms with Gasteiger partial charge in [-0.05, 0) is 31.5 Å². The van der Waals surface area contributed by atoms with E-state index in [-0.39, 0.29) is 11.0 Å². The first kappa shape index (κ1) is 11.5. The van der Waals surface area contributed by atoms with Crippen molar-refractivity contribution in [3.05, 3.63) is 34.3 Å². The van der Waals surface area contributed by atoms with Gasteiger partial charge in [0.2, 0.25) is 0 Å². The number of ether oxygens (including phenoxy) is 1. The highest BCUT2D eigenvalue weighted by Crippen LogP contribution is 2.41. The van der Waals surface area contributed by atoms with Gasteiger partial charge in [0, 0.05) is 5.54 Å². The summed E-state index contributed by atoms with van der Waals surface area (Å²) in [5.41, 5.74) is 8.04. The molecule has 2 aromatic rings. The van der Waals surface area contributed by atoms with Gasteiger partial charge in [0.1, 0.15) is 0 Å². The number of aromatic nitrogens is 1. The van der Waals surface area contributed by atoms with Crippen molar-refractivity contribution >= 4 is 11.1 Å². The number of nitrogens with one attached hydrogen (secondary N) is 1. The third-order valence-corrected chi connectivity index (χ3v) is 3.90. The third-order valence-electron chi connectivity index (χ3n) is 3.90. The van der Waals surface area contributed by atoms with Gasteiger partial charge in [-0.1, -0.05) is 6.07 Å². The lowest BCUT2D eigenvalue weighted by molar-refractivity contribution is -0.0918. The molecule has 1 aromatic heterocycles. The first-order valence-corrected chi connectivity index (χ1v) is 5.92. The largest absolute Gasteiger partial charge is 0.417 e. The molecule has 0 spiro atoms. The fraction of sp³-hybridized carbons (Fsp3) is 0.462. The molecule has 3 N–H and O–H groups in total. The van der Waals surface area contributed by atoms with E-state index >= 15 is 0 Å². The molecule has 1 saturated heterocycles. The molecule has 5 nitrogen and oxygen atoms in total. The van der Waals surface area contributed by atoms with E-state index in [1.807, 2.05) is 26.0 Å². The van der Waals surface area contributed by atoms with Crippen molar-refractivity contribution in [1.29, 1.82) is 0 Å². The quantitative estimate of drug-likeness (QED) is 0.834. The molecular weight excluding hydrogens is 232 g/mol. The fourth-order valence-electron chi connectivity index (χ4n) is 2.47. The lowest BCUT2D eigenvalue weighted by Crippen LogP contribution is -2.64. The summed E-state index contributed by atoms with van der Waals surface area (Å²) in [5, 5.41) is 0. The van der Waals surface area contributed by atoms with Crippen molar-refractivity contribution in [2.24, 2.45) is 5.73 Å². The van der Waals surface area contributed by atoms with Gasteiger partial charge in [-0.15, -0.1) is 0 Å². The number of hydrogen-bond donors (Lipinski definition) is 2. The Kier molecular flexibility index (Phi) is 2.21. The maximum atomic E-state index is 11.2. The molecule has 1 aliphatic heterocycles. The lowest BCUT2D eigenvalue weighted by atomic mass is 9.66. The van der Waals surface area contributed by atoms with Crippen molar-refractivity contribution in [3.63, 3.8) is 0 Å². The van der Waals surface area contributed by atoms with Gasteiger partial charge in [-0.2, -0.15) is 0 Å². The molecular formula is C13H16N2O3. The van der Waals surface area contributed by atoms with E-state index in [2.05, 4.69) is 4.98 Å². The molecule has 1 aromatic carbocycles. The molecule has 0 saturated carbocycles. The summed E-state index contributed by atoms with van der Waals surface area (Å²) in [4.78, 5) is 13.8. The van der Waals surface area contributed by atoms with E-state index in [9.17, 15) is 4.79 Å². The number of H-pyrrole nitrogens is 1. The van der Waals surface area contributed by atoms with Crippen LogP contribution in [0.25, 0.3) is 11.1 Å². The molecule has 1 fully saturated rings. The third kappa shape index (κ3) is 1.44. The number of oxazole rings is 1. The lowest BCUT2D eigenvalue weighted by Gasteiger charge is -2.51. The topological polar surface area (TPSA) is 81.2 Å². The van der Waals surface area contributed by atoms with Gasteiger partial charge in [-0.25, -0.2) is 4.79 Å². The van der Waals surface area contributed by atoms with Crippen LogP contribution in [0.5, 0.6) is 0 Å². The van der Waals surface area contributed by atoms with E-state index in [0.29, 0.717) is 24.3 Å². The van der Waals surface area contributed by atoms with E-state index in [1.165, 1.54) is 0 Å². The minimum absolute atomic E-state index is 0.199. The zero-order valence-corrected chi connectivity index (χ0v) is 10.4. The minimum atomic E-state index is -0.437. The average Bonchev–Trinajstić information content (AvgIpc) is 2.52. The van der Waals surface area contributed by atoms with Gasteiger partial charge in [0.15, 0.2) is 5.58 Å². The Hall–Kier alpha value is -1.59. The smallest absolute Gasteiger partial charge is 0.408 e. The Bertz CT molecular complexity index is 644. The van der Waals surface area contributed by atoms with E-state index in [4.69, 9.17) is 14.9 Å². The van der Waals surface area contributed by atoms with Crippen LogP contribution >= 0.6 is 0 Å². The number of hydrogen-bond acceptors (Lipinski definition) is 4. The predicted molar refractivity (Wildman–Crippen MR) is 67.6 cm³/mol. The summed E-state index contributed by atoms with van der Waals surface area (Å²) in [7, 11) is 0. The van der Waals surface area contributed by atoms with Crippen LogP contribution in [0, 0.1) is 0 Å². The summed E-state index contributed by atoms with van der Waals surface area (Å²) in [5.74, 6) is -0.437. The molecule has 18 heavy (non-hydrogen) atoms. The predicted octanol–water partition coefficient (Wildman–Crippen LogP) is 1.13. The number of benzene rings is 1. The van der Waals surface area contributed by atoms with E-state index < -0.39 is 5.76 Å². The molecule has 3 rings (SSSR count). The van der Waals surface area contributed by atoms with Gasteiger partial charge in [0.25, 0.3) is 0 Å². The molecule has 0 unspecified atom stereocenters. The first-order chi connectivity index (χ1) is 8.42. The van der Waals surface area contributed by atoms with Crippen molar-refractivity contribution in [2.75, 3.05) is 13.2 Å². The van der Waals surface area contributed by atoms with Crippen molar-refractivity contribution < 1.29 is 9.15 Å². The number of aromatic amines is 1. The van der Waals surface area contributed by atoms with Crippen LogP contribution in [-0.2, 0) is 10.2 Å². The summed E-state index contributed by atoms with van der Waals surface area (Å²) in [6, 6.07) is 5.68. The zero-order valence-electron chi connectivity index (χ0n) is 10.4. The Balaban J connectivity index is 2.16. The summed E-state index contributed by atoms with van der Waals surface area (Å²) in [6.45, 7) is 5.20. The molecule has 5 heteroatoms. The Morgan fingerprint density at radius 1 is 1.39 bits per heavy atom. The molecule has 0 amide bonds. The van der Waals surface area contributed by atoms with Crippen molar-refractivity contribution in [1.82, 2.24) is 4.98 Å². The van der Waals surface area contributed by atoms with Gasteiger partial charge in [0.05, 0.1) is 24.1 Å². The van der Waals surface area contributed by atoms with Crippen molar-refractivity contribution in [2.45, 2.75) is 24.8 Å². The fourth-order valence-corrected chi connectivity index (χ4v) is 2.47. The zero-order chi connectivity index (χ0) is 13.0. The number of rotatable bonds is 2. The molecule has 2 heterocycles. The minimum Gasteiger partial charge on any atom is -0.408 e. The summed E-state index contributed by atoms with van der Waals surface area (Å²) >= 11 is 0. The second kappa shape index (κ2) is 3.46. The monoisotopic (exact) mass is 248 g/mol. The highest BCUT2D eigenvalue weighted by Gasteiger charge is 2.50. The molecule has 0 radical (unpaired) electrons. The summed E-state index contributed by atoms with van der Waals surface area (Å²) < 4.78 is 10.4. The maximum absolute atomic E-state index is 11.2. The highest BCUT2D eigenvalue weighted by atomic mass is 16.5. The van der Waals surface area contributed by atoms with Gasteiger partial charge < -0.3 is 14.9 Å². The molecule has 0 aliphatic carbocycles. The van der Waals surface area contributed by atoms with Crippen LogP contribution < -0.4 is 11.5 Å². The first-order valence-electron chi connectivity index (χ1n) is 5.92. The van der Waals surface area contributed by atoms with E-state index in [0.717, 1.165) is 5.56 Å². The van der Waals surface area contributed by atoms with Crippen LogP contribution in [0.3, 0.4) is 0 Å². The van der Waals surface area contributed by atoms with Crippen LogP contribution in [-0.4, -0.2) is 23.7 Å². The van der Waals surface area contributed by atoms with Crippen molar-refractivity contribution in [3.8, 4) is 0 Å². The number of nitrogens with two attached hydrogens (primary N) is 1. The standard InChI is InChI=1S/C13H16N2O3/c1-12(2,14)13(6-17-7-13)8-3-4-10-9(5-8)15-11(16)18-10/h3-5H,6-7,14H2,1-2H3,(H,15,16). The molecule has 0 atom stereocenters. The molecule has 1 aliphatic rings. The van der Waals surface area contributed by atoms with Crippen LogP contribution in [0.2, 0.25) is 0 Å². The highest BCUT2D eigenvalue weighted by molar-refractivity contribution is 5.73. The van der Waals surface area contributed by atoms with Crippen LogP contribution in [0.1, 0.15) is 19.4 Å². The van der Waals surface area contributed by atoms with Gasteiger partial charge >= 0.3 is 5.76 Å². The Morgan fingerprint density at radius 2 is 2.11 bits per heavy atom. The Morgan fingerprint density at radius 3 is 2.67 bits per heavy atom. The SMILES string of the molecule is CC(C)(N)C1(c2ccc3oc(=O)[nH]c3c2)COC1. The van der Waals surface area contributed by atoms with Crippen LogP contribution in [0.15, 0.2) is 27.4 Å². The second-order valence-corrected chi connectivity index (χ2v) is 5.52. The van der Waals surface area contributed by atoms with Crippen LogP contribution in [0.4, 0.5) is 0 Å². The summed E-state index contributed by atoms with van der Waals surface area (Å²) in [6.07, 6.45) is 0. The van der Waals surface area contributed by atoms with E-state index in [1.54, 1.807) is 6.07 Å². The average molecular weight is 248 g/mol. The van der Waals surface area contributed by atoms with Gasteiger partial charge in [-0.3, -0.25) is 4.98 Å².